The van der Waals surface area contributed by atoms with Gasteiger partial charge in [0.1, 0.15) is 0 Å². The van der Waals surface area contributed by atoms with E-state index in [1.165, 1.54) is 7.11 Å². The molecule has 4 heteroatoms. The van der Waals surface area contributed by atoms with Crippen LogP contribution in [0, 0.1) is 0 Å². The molecule has 1 N–H and O–H groups in total. The zero-order valence-electron chi connectivity index (χ0n) is 11.0. The second kappa shape index (κ2) is 7.44. The Morgan fingerprint density at radius 2 is 1.94 bits per heavy atom. The van der Waals surface area contributed by atoms with Gasteiger partial charge in [0.2, 0.25) is 0 Å². The summed E-state index contributed by atoms with van der Waals surface area (Å²) < 4.78 is 4.84. The highest BCUT2D eigenvalue weighted by Crippen LogP contribution is 2.25. The maximum atomic E-state index is 11.8. The van der Waals surface area contributed by atoms with Crippen LogP contribution >= 0.6 is 11.8 Å². The first kappa shape index (κ1) is 15.1. The lowest BCUT2D eigenvalue weighted by Crippen LogP contribution is -2.21. The molecule has 3 nitrogen and oxygen atoms in total. The van der Waals surface area contributed by atoms with Crippen LogP contribution in [0.3, 0.4) is 0 Å². The van der Waals surface area contributed by atoms with Crippen LogP contribution in [0.15, 0.2) is 30.3 Å². The lowest BCUT2D eigenvalue weighted by Gasteiger charge is -2.19. The second-order valence-electron chi connectivity index (χ2n) is 4.27. The Morgan fingerprint density at radius 3 is 2.44 bits per heavy atom. The van der Waals surface area contributed by atoms with Crippen molar-refractivity contribution in [2.24, 2.45) is 0 Å². The summed E-state index contributed by atoms with van der Waals surface area (Å²) in [6.45, 7) is 3.71. The first-order valence-corrected chi connectivity index (χ1v) is 7.03. The molecule has 3 atom stereocenters. The molecule has 0 aliphatic heterocycles. The maximum absolute atomic E-state index is 11.8. The molecule has 0 saturated carbocycles. The van der Waals surface area contributed by atoms with E-state index in [2.05, 4.69) is 0 Å². The van der Waals surface area contributed by atoms with Crippen LogP contribution in [0.5, 0.6) is 0 Å². The summed E-state index contributed by atoms with van der Waals surface area (Å²) in [5, 5.41) is 9.56. The van der Waals surface area contributed by atoms with Gasteiger partial charge in [0.25, 0.3) is 0 Å². The van der Waals surface area contributed by atoms with E-state index in [0.29, 0.717) is 5.75 Å². The average Bonchev–Trinajstić information content (AvgIpc) is 2.39. The van der Waals surface area contributed by atoms with Gasteiger partial charge in [0.15, 0.2) is 0 Å². The van der Waals surface area contributed by atoms with Crippen LogP contribution in [0.4, 0.5) is 0 Å². The Labute approximate surface area is 113 Å². The molecular weight excluding hydrogens is 248 g/mol. The average molecular weight is 268 g/mol. The fourth-order valence-electron chi connectivity index (χ4n) is 1.52. The van der Waals surface area contributed by atoms with Crippen molar-refractivity contribution in [2.45, 2.75) is 31.1 Å². The lowest BCUT2D eigenvalue weighted by molar-refractivity contribution is -0.141. The van der Waals surface area contributed by atoms with Gasteiger partial charge in [0.05, 0.1) is 19.1 Å². The number of carbonyl (C=O) groups excluding carboxylic acids is 1. The molecule has 0 bridgehead atoms. The van der Waals surface area contributed by atoms with Crippen molar-refractivity contribution < 1.29 is 14.6 Å². The van der Waals surface area contributed by atoms with Crippen molar-refractivity contribution in [3.8, 4) is 0 Å². The predicted octanol–water partition coefficient (Wildman–Crippen LogP) is 2.45. The number of carbonyl (C=O) groups is 1. The molecule has 0 fully saturated rings. The number of aliphatic hydroxyl groups excluding tert-OH is 1. The van der Waals surface area contributed by atoms with Gasteiger partial charge in [0, 0.05) is 11.0 Å². The Balaban J connectivity index is 2.72. The molecule has 18 heavy (non-hydrogen) atoms. The smallest absolute Gasteiger partial charge is 0.313 e. The molecule has 0 heterocycles. The van der Waals surface area contributed by atoms with Gasteiger partial charge in [-0.25, -0.2) is 0 Å². The molecule has 0 aromatic heterocycles. The molecule has 0 aliphatic rings. The summed E-state index contributed by atoms with van der Waals surface area (Å²) in [6.07, 6.45) is -0.385. The zero-order chi connectivity index (χ0) is 13.5. The summed E-state index contributed by atoms with van der Waals surface area (Å²) in [6, 6.07) is 9.59. The van der Waals surface area contributed by atoms with Crippen LogP contribution in [-0.4, -0.2) is 35.3 Å². The zero-order valence-corrected chi connectivity index (χ0v) is 11.8. The van der Waals surface area contributed by atoms with Crippen LogP contribution in [-0.2, 0) is 9.53 Å². The molecule has 3 unspecified atom stereocenters. The van der Waals surface area contributed by atoms with Gasteiger partial charge in [-0.15, -0.1) is 0 Å². The fourth-order valence-corrected chi connectivity index (χ4v) is 2.62. The van der Waals surface area contributed by atoms with Gasteiger partial charge >= 0.3 is 5.97 Å². The fraction of sp³-hybridized carbons (Fsp3) is 0.500. The van der Waals surface area contributed by atoms with E-state index in [4.69, 9.17) is 4.74 Å². The summed E-state index contributed by atoms with van der Waals surface area (Å²) in [5.41, 5.74) is 0.953. The third-order valence-electron chi connectivity index (χ3n) is 2.89. The maximum Gasteiger partial charge on any atom is 0.313 e. The monoisotopic (exact) mass is 268 g/mol. The number of hydrogen-bond donors (Lipinski definition) is 1. The molecule has 0 saturated heterocycles. The molecule has 0 aliphatic carbocycles. The Kier molecular flexibility index (Phi) is 6.22. The highest BCUT2D eigenvalue weighted by molar-refractivity contribution is 8.00. The van der Waals surface area contributed by atoms with Crippen molar-refractivity contribution >= 4 is 17.7 Å². The number of rotatable bonds is 6. The Bertz CT molecular complexity index is 365. The van der Waals surface area contributed by atoms with Gasteiger partial charge < -0.3 is 9.84 Å². The molecular formula is C14H20O3S. The third-order valence-corrected chi connectivity index (χ3v) is 4.34. The van der Waals surface area contributed by atoms with E-state index in [-0.39, 0.29) is 23.2 Å². The predicted molar refractivity (Wildman–Crippen MR) is 74.8 cm³/mol. The van der Waals surface area contributed by atoms with E-state index in [9.17, 15) is 9.90 Å². The number of hydrogen-bond acceptors (Lipinski definition) is 4. The highest BCUT2D eigenvalue weighted by atomic mass is 32.2. The van der Waals surface area contributed by atoms with E-state index < -0.39 is 0 Å². The summed E-state index contributed by atoms with van der Waals surface area (Å²) in [5.74, 6) is 0.108. The van der Waals surface area contributed by atoms with Crippen LogP contribution in [0.2, 0.25) is 0 Å². The minimum absolute atomic E-state index is 0.0980. The summed E-state index contributed by atoms with van der Waals surface area (Å²) in [4.78, 5) is 11.8. The van der Waals surface area contributed by atoms with Crippen molar-refractivity contribution in [3.63, 3.8) is 0 Å². The van der Waals surface area contributed by atoms with E-state index >= 15 is 0 Å². The molecule has 1 aromatic carbocycles. The number of benzene rings is 1. The summed E-state index contributed by atoms with van der Waals surface area (Å²) >= 11 is 1.58. The number of thioether (sulfide) groups is 1. The quantitative estimate of drug-likeness (QED) is 0.805. The van der Waals surface area contributed by atoms with Crippen molar-refractivity contribution in [1.29, 1.82) is 0 Å². The number of esters is 1. The summed E-state index contributed by atoms with van der Waals surface area (Å²) in [7, 11) is 1.40. The van der Waals surface area contributed by atoms with Gasteiger partial charge in [-0.05, 0) is 12.5 Å². The first-order valence-electron chi connectivity index (χ1n) is 5.98. The third kappa shape index (κ3) is 4.35. The van der Waals surface area contributed by atoms with Gasteiger partial charge in [-0.1, -0.05) is 37.3 Å². The minimum Gasteiger partial charge on any atom is -0.469 e. The Hall–Kier alpha value is -1.00. The normalized spacial score (nSPS) is 15.8. The molecule has 0 amide bonds. The molecule has 100 valence electrons. The van der Waals surface area contributed by atoms with Gasteiger partial charge in [-0.3, -0.25) is 4.79 Å². The van der Waals surface area contributed by atoms with Crippen molar-refractivity contribution in [1.82, 2.24) is 0 Å². The van der Waals surface area contributed by atoms with E-state index in [1.807, 2.05) is 37.3 Å². The number of ether oxygens (including phenoxy) is 1. The first-order chi connectivity index (χ1) is 8.56. The molecule has 1 aromatic rings. The van der Waals surface area contributed by atoms with E-state index in [0.717, 1.165) is 5.56 Å². The lowest BCUT2D eigenvalue weighted by atomic mass is 10.0. The van der Waals surface area contributed by atoms with Crippen molar-refractivity contribution in [2.75, 3.05) is 12.9 Å². The Morgan fingerprint density at radius 1 is 1.33 bits per heavy atom. The standard InChI is InChI=1S/C14H20O3S/c1-10(15)11(2)18-9-13(14(16)17-3)12-7-5-4-6-8-12/h4-8,10-11,13,15H,9H2,1-3H3. The topological polar surface area (TPSA) is 46.5 Å². The number of aliphatic hydroxyl groups is 1. The minimum atomic E-state index is -0.385. The van der Waals surface area contributed by atoms with E-state index in [1.54, 1.807) is 18.7 Å². The molecule has 1 rings (SSSR count). The van der Waals surface area contributed by atoms with Crippen LogP contribution in [0.25, 0.3) is 0 Å². The highest BCUT2D eigenvalue weighted by Gasteiger charge is 2.23. The number of methoxy groups -OCH3 is 1. The van der Waals surface area contributed by atoms with Crippen molar-refractivity contribution in [3.05, 3.63) is 35.9 Å². The SMILES string of the molecule is COC(=O)C(CSC(C)C(C)O)c1ccccc1. The molecule has 0 radical (unpaired) electrons. The van der Waals surface area contributed by atoms with Crippen LogP contribution in [0.1, 0.15) is 25.3 Å². The largest absolute Gasteiger partial charge is 0.469 e. The van der Waals surface area contributed by atoms with Crippen LogP contribution < -0.4 is 0 Å². The van der Waals surface area contributed by atoms with Gasteiger partial charge in [-0.2, -0.15) is 11.8 Å². The molecule has 0 spiro atoms. The second-order valence-corrected chi connectivity index (χ2v) is 5.68.